The molecule has 2 aromatic rings. The van der Waals surface area contributed by atoms with Gasteiger partial charge in [0.2, 0.25) is 5.82 Å². The molecule has 1 atom stereocenters. The van der Waals surface area contributed by atoms with Crippen LogP contribution >= 0.6 is 0 Å². The molecule has 1 saturated carbocycles. The molecule has 6 nitrogen and oxygen atoms in total. The van der Waals surface area contributed by atoms with Gasteiger partial charge in [0.05, 0.1) is 12.3 Å². The molecule has 2 aromatic heterocycles. The molecule has 1 aliphatic rings. The molecule has 0 amide bonds. The predicted octanol–water partition coefficient (Wildman–Crippen LogP) is 2.03. The molecule has 19 heavy (non-hydrogen) atoms. The van der Waals surface area contributed by atoms with Gasteiger partial charge in [-0.3, -0.25) is 0 Å². The molecular weight excluding hydrogens is 242 g/mol. The summed E-state index contributed by atoms with van der Waals surface area (Å²) in [6, 6.07) is 4.51. The van der Waals surface area contributed by atoms with Crippen LogP contribution in [0.25, 0.3) is 11.6 Å². The Labute approximate surface area is 112 Å². The Bertz CT molecular complexity index is 501. The van der Waals surface area contributed by atoms with Crippen LogP contribution in [-0.2, 0) is 0 Å². The third-order valence-electron chi connectivity index (χ3n) is 3.62. The molecule has 0 aromatic carbocycles. The second kappa shape index (κ2) is 5.52. The maximum atomic E-state index is 5.26. The van der Waals surface area contributed by atoms with E-state index in [1.165, 1.54) is 25.7 Å². The highest BCUT2D eigenvalue weighted by molar-refractivity contribution is 5.43. The fourth-order valence-corrected chi connectivity index (χ4v) is 2.47. The smallest absolute Gasteiger partial charge is 0.240 e. The lowest BCUT2D eigenvalue weighted by Gasteiger charge is -2.15. The second-order valence-electron chi connectivity index (χ2n) is 5.15. The van der Waals surface area contributed by atoms with E-state index in [0.717, 1.165) is 6.54 Å². The van der Waals surface area contributed by atoms with E-state index in [1.54, 1.807) is 11.1 Å². The first-order valence-corrected chi connectivity index (χ1v) is 6.89. The first-order valence-electron chi connectivity index (χ1n) is 6.89. The molecule has 1 unspecified atom stereocenters. The largest absolute Gasteiger partial charge is 0.461 e. The first-order chi connectivity index (χ1) is 9.33. The molecule has 3 rings (SSSR count). The highest BCUT2D eigenvalue weighted by Crippen LogP contribution is 2.18. The van der Waals surface area contributed by atoms with Crippen molar-refractivity contribution < 1.29 is 4.42 Å². The lowest BCUT2D eigenvalue weighted by molar-refractivity contribution is 0.377. The molecule has 0 aliphatic heterocycles. The van der Waals surface area contributed by atoms with Gasteiger partial charge in [0.15, 0.2) is 5.76 Å². The number of rotatable bonds is 5. The Morgan fingerprint density at radius 2 is 2.32 bits per heavy atom. The van der Waals surface area contributed by atoms with Gasteiger partial charge < -0.3 is 9.73 Å². The molecule has 2 heterocycles. The fourth-order valence-electron chi connectivity index (χ4n) is 2.47. The van der Waals surface area contributed by atoms with Crippen LogP contribution in [0.4, 0.5) is 0 Å². The van der Waals surface area contributed by atoms with Gasteiger partial charge in [-0.25, -0.2) is 0 Å². The standard InChI is InChI=1S/C13H19N5O/c1-10(9-14-11-5-2-3-6-11)18-16-13(15-17-18)12-7-4-8-19-12/h4,7-8,10-11,14H,2-3,5-6,9H2,1H3. The van der Waals surface area contributed by atoms with Crippen LogP contribution < -0.4 is 5.32 Å². The van der Waals surface area contributed by atoms with Crippen LogP contribution in [0.2, 0.25) is 0 Å². The Kier molecular flexibility index (Phi) is 3.59. The minimum Gasteiger partial charge on any atom is -0.461 e. The second-order valence-corrected chi connectivity index (χ2v) is 5.15. The molecule has 1 fully saturated rings. The van der Waals surface area contributed by atoms with E-state index in [9.17, 15) is 0 Å². The van der Waals surface area contributed by atoms with Crippen molar-refractivity contribution in [2.45, 2.75) is 44.7 Å². The molecule has 0 spiro atoms. The van der Waals surface area contributed by atoms with Crippen molar-refractivity contribution in [3.8, 4) is 11.6 Å². The van der Waals surface area contributed by atoms with Crippen molar-refractivity contribution in [2.75, 3.05) is 6.54 Å². The first kappa shape index (κ1) is 12.3. The van der Waals surface area contributed by atoms with Gasteiger partial charge in [0, 0.05) is 12.6 Å². The Morgan fingerprint density at radius 3 is 3.05 bits per heavy atom. The molecule has 0 radical (unpaired) electrons. The van der Waals surface area contributed by atoms with E-state index in [1.807, 2.05) is 12.1 Å². The van der Waals surface area contributed by atoms with Crippen molar-refractivity contribution >= 4 is 0 Å². The van der Waals surface area contributed by atoms with Gasteiger partial charge in [0.25, 0.3) is 0 Å². The minimum absolute atomic E-state index is 0.191. The van der Waals surface area contributed by atoms with Crippen molar-refractivity contribution in [2.24, 2.45) is 0 Å². The third-order valence-corrected chi connectivity index (χ3v) is 3.62. The maximum absolute atomic E-state index is 5.26. The number of nitrogens with zero attached hydrogens (tertiary/aromatic N) is 4. The van der Waals surface area contributed by atoms with Gasteiger partial charge in [-0.15, -0.1) is 10.2 Å². The van der Waals surface area contributed by atoms with E-state index in [-0.39, 0.29) is 6.04 Å². The normalized spacial score (nSPS) is 17.9. The quantitative estimate of drug-likeness (QED) is 0.891. The zero-order valence-electron chi connectivity index (χ0n) is 11.1. The number of furan rings is 1. The molecule has 1 N–H and O–H groups in total. The number of tetrazole rings is 1. The van der Waals surface area contributed by atoms with Crippen molar-refractivity contribution in [3.05, 3.63) is 18.4 Å². The lowest BCUT2D eigenvalue weighted by atomic mass is 10.2. The van der Waals surface area contributed by atoms with Crippen molar-refractivity contribution in [3.63, 3.8) is 0 Å². The van der Waals surface area contributed by atoms with Gasteiger partial charge >= 0.3 is 0 Å². The average molecular weight is 261 g/mol. The molecule has 102 valence electrons. The van der Waals surface area contributed by atoms with Crippen LogP contribution in [0.3, 0.4) is 0 Å². The molecule has 6 heteroatoms. The highest BCUT2D eigenvalue weighted by atomic mass is 16.3. The number of hydrogen-bond donors (Lipinski definition) is 1. The highest BCUT2D eigenvalue weighted by Gasteiger charge is 2.17. The zero-order chi connectivity index (χ0) is 13.1. The Balaban J connectivity index is 1.59. The van der Waals surface area contributed by atoms with Gasteiger partial charge in [-0.1, -0.05) is 12.8 Å². The van der Waals surface area contributed by atoms with E-state index in [0.29, 0.717) is 17.6 Å². The summed E-state index contributed by atoms with van der Waals surface area (Å²) in [5, 5.41) is 16.0. The van der Waals surface area contributed by atoms with Gasteiger partial charge in [-0.05, 0) is 37.1 Å². The zero-order valence-corrected chi connectivity index (χ0v) is 11.1. The van der Waals surface area contributed by atoms with E-state index in [4.69, 9.17) is 4.42 Å². The van der Waals surface area contributed by atoms with Crippen molar-refractivity contribution in [1.82, 2.24) is 25.5 Å². The fraction of sp³-hybridized carbons (Fsp3) is 0.615. The van der Waals surface area contributed by atoms with Crippen LogP contribution in [0.15, 0.2) is 22.8 Å². The van der Waals surface area contributed by atoms with Crippen molar-refractivity contribution in [1.29, 1.82) is 0 Å². The van der Waals surface area contributed by atoms with Crippen LogP contribution in [-0.4, -0.2) is 32.8 Å². The van der Waals surface area contributed by atoms with Gasteiger partial charge in [0.1, 0.15) is 0 Å². The molecule has 0 bridgehead atoms. The van der Waals surface area contributed by atoms with E-state index >= 15 is 0 Å². The van der Waals surface area contributed by atoms with E-state index in [2.05, 4.69) is 27.7 Å². The summed E-state index contributed by atoms with van der Waals surface area (Å²) >= 11 is 0. The summed E-state index contributed by atoms with van der Waals surface area (Å²) in [6.07, 6.45) is 6.87. The summed E-state index contributed by atoms with van der Waals surface area (Å²) in [6.45, 7) is 2.97. The molecule has 1 aliphatic carbocycles. The number of nitrogens with one attached hydrogen (secondary N) is 1. The van der Waals surface area contributed by atoms with E-state index < -0.39 is 0 Å². The summed E-state index contributed by atoms with van der Waals surface area (Å²) in [4.78, 5) is 1.65. The third kappa shape index (κ3) is 2.84. The summed E-state index contributed by atoms with van der Waals surface area (Å²) in [5.41, 5.74) is 0. The topological polar surface area (TPSA) is 68.8 Å². The number of hydrogen-bond acceptors (Lipinski definition) is 5. The summed E-state index contributed by atoms with van der Waals surface area (Å²) in [7, 11) is 0. The van der Waals surface area contributed by atoms with Gasteiger partial charge in [-0.2, -0.15) is 4.80 Å². The Hall–Kier alpha value is -1.69. The predicted molar refractivity (Wildman–Crippen MR) is 70.5 cm³/mol. The maximum Gasteiger partial charge on any atom is 0.240 e. The summed E-state index contributed by atoms with van der Waals surface area (Å²) < 4.78 is 5.26. The SMILES string of the molecule is CC(CNC1CCCC1)n1nnc(-c2ccco2)n1. The monoisotopic (exact) mass is 261 g/mol. The number of aromatic nitrogens is 4. The summed E-state index contributed by atoms with van der Waals surface area (Å²) in [5.74, 6) is 1.19. The van der Waals surface area contributed by atoms with Crippen LogP contribution in [0.5, 0.6) is 0 Å². The molecular formula is C13H19N5O. The minimum atomic E-state index is 0.191. The van der Waals surface area contributed by atoms with Crippen LogP contribution in [0, 0.1) is 0 Å². The lowest BCUT2D eigenvalue weighted by Crippen LogP contribution is -2.32. The average Bonchev–Trinajstić information content (AvgIpc) is 3.14. The Morgan fingerprint density at radius 1 is 1.47 bits per heavy atom. The van der Waals surface area contributed by atoms with Crippen LogP contribution in [0.1, 0.15) is 38.6 Å². The molecule has 0 saturated heterocycles.